The Morgan fingerprint density at radius 1 is 0.984 bits per heavy atom. The molecule has 1 saturated heterocycles. The number of benzene rings is 2. The molecule has 7 rings (SSSR count). The number of likely N-dealkylation sites (tertiary alicyclic amines) is 1. The first kappa shape index (κ1) is 46.5. The summed E-state index contributed by atoms with van der Waals surface area (Å²) in [5.74, 6) is 1.46. The van der Waals surface area contributed by atoms with Crippen LogP contribution in [-0.4, -0.2) is 95.0 Å². The highest BCUT2D eigenvalue weighted by Crippen LogP contribution is 2.40. The third-order valence-electron chi connectivity index (χ3n) is 11.9. The van der Waals surface area contributed by atoms with Gasteiger partial charge in [-0.1, -0.05) is 60.8 Å². The fourth-order valence-electron chi connectivity index (χ4n) is 8.06. The minimum Gasteiger partial charge on any atom is -0.391 e. The minimum absolute atomic E-state index is 0.0691. The fraction of sp³-hybridized carbons (Fsp3) is 0.457. The molecule has 0 saturated carbocycles. The molecule has 5 heterocycles. The molecule has 4 atom stereocenters. The summed E-state index contributed by atoms with van der Waals surface area (Å²) < 4.78 is 1.45. The van der Waals surface area contributed by atoms with Gasteiger partial charge in [0.1, 0.15) is 22.9 Å². The Morgan fingerprint density at radius 2 is 1.70 bits per heavy atom. The highest BCUT2D eigenvalue weighted by Gasteiger charge is 2.44. The Morgan fingerprint density at radius 3 is 2.41 bits per heavy atom. The number of aromatic nitrogens is 4. The molecule has 5 N–H and O–H groups in total. The number of nitrogens with zero attached hydrogens (tertiary/aromatic N) is 6. The van der Waals surface area contributed by atoms with E-state index in [9.17, 15) is 19.5 Å². The maximum absolute atomic E-state index is 13.8. The molecule has 0 unspecified atom stereocenters. The fourth-order valence-corrected chi connectivity index (χ4v) is 11.4. The average molecular weight is 931 g/mol. The van der Waals surface area contributed by atoms with Gasteiger partial charge in [0, 0.05) is 51.8 Å². The third-order valence-corrected chi connectivity index (χ3v) is 15.8. The van der Waals surface area contributed by atoms with E-state index in [1.165, 1.54) is 9.78 Å². The summed E-state index contributed by atoms with van der Waals surface area (Å²) in [7, 11) is 0. The van der Waals surface area contributed by atoms with Crippen LogP contribution in [0.15, 0.2) is 59.0 Å². The van der Waals surface area contributed by atoms with Crippen molar-refractivity contribution in [3.63, 3.8) is 0 Å². The normalized spacial score (nSPS) is 17.8. The lowest BCUT2D eigenvalue weighted by Crippen LogP contribution is -2.57. The van der Waals surface area contributed by atoms with Crippen LogP contribution >= 0.6 is 46.0 Å². The predicted octanol–water partition coefficient (Wildman–Crippen LogP) is 7.42. The molecule has 3 amide bonds. The van der Waals surface area contributed by atoms with Crippen molar-refractivity contribution in [1.82, 2.24) is 35.3 Å². The standard InChI is InChI=1S/C46H56ClN9O4S3/c1-26-28(3)63-45-38(26)39(31-15-17-33(47)18-16-31)52-35(42-54-53-29(4)56(42)45)22-37(58)49-19-9-7-8-10-20-62-46(5,6)41(48)44(60)55-24-34(57)21-36(55)43(59)50-23-30-11-13-32(14-12-30)40-27(2)51-25-61-40/h11-18,25,34-36,41,57H,7-10,19-24,48H2,1-6H3,(H,49,58)(H,50,59)/t34-,35+,36+,41-/m1/s1. The van der Waals surface area contributed by atoms with Crippen molar-refractivity contribution in [2.45, 2.75) is 116 Å². The second kappa shape index (κ2) is 20.2. The van der Waals surface area contributed by atoms with Gasteiger partial charge in [-0.15, -0.1) is 32.9 Å². The van der Waals surface area contributed by atoms with Crippen molar-refractivity contribution in [3.8, 4) is 15.4 Å². The molecule has 2 aliphatic heterocycles. The molecule has 1 fully saturated rings. The number of aliphatic hydroxyl groups excluding tert-OH is 1. The molecular formula is C46H56ClN9O4S3. The summed E-state index contributed by atoms with van der Waals surface area (Å²) in [5.41, 5.74) is 15.3. The molecule has 0 radical (unpaired) electrons. The largest absolute Gasteiger partial charge is 0.391 e. The first-order valence-corrected chi connectivity index (χ1v) is 24.5. The van der Waals surface area contributed by atoms with Gasteiger partial charge >= 0.3 is 0 Å². The molecule has 0 bridgehead atoms. The number of aliphatic imine (C=N–C) groups is 1. The summed E-state index contributed by atoms with van der Waals surface area (Å²) in [6.07, 6.45) is 3.13. The Hall–Kier alpha value is -4.45. The van der Waals surface area contributed by atoms with Crippen LogP contribution in [0, 0.1) is 27.7 Å². The molecule has 2 aromatic carbocycles. The van der Waals surface area contributed by atoms with Gasteiger partial charge in [-0.3, -0.25) is 23.9 Å². The number of rotatable bonds is 17. The molecule has 3 aromatic heterocycles. The van der Waals surface area contributed by atoms with Crippen LogP contribution in [0.2, 0.25) is 5.02 Å². The monoisotopic (exact) mass is 929 g/mol. The molecule has 5 aromatic rings. The van der Waals surface area contributed by atoms with Crippen LogP contribution in [0.3, 0.4) is 0 Å². The Kier molecular flexibility index (Phi) is 14.9. The summed E-state index contributed by atoms with van der Waals surface area (Å²) in [6.45, 7) is 12.9. The smallest absolute Gasteiger partial charge is 0.243 e. The number of thiophene rings is 1. The number of fused-ring (bicyclic) bond motifs is 3. The quantitative estimate of drug-likeness (QED) is 0.0691. The van der Waals surface area contributed by atoms with E-state index >= 15 is 0 Å². The number of β-amino-alcohol motifs (C(OH)–C–C–N with tert-alkyl or cyclic N) is 1. The van der Waals surface area contributed by atoms with E-state index in [0.717, 1.165) is 86.4 Å². The zero-order valence-electron chi connectivity index (χ0n) is 36.6. The molecule has 0 spiro atoms. The molecule has 13 nitrogen and oxygen atoms in total. The number of aliphatic hydroxyl groups is 1. The number of nitrogens with two attached hydrogens (primary N) is 1. The van der Waals surface area contributed by atoms with Gasteiger partial charge in [0.05, 0.1) is 40.4 Å². The van der Waals surface area contributed by atoms with Crippen LogP contribution in [0.4, 0.5) is 0 Å². The van der Waals surface area contributed by atoms with E-state index in [2.05, 4.69) is 39.7 Å². The number of thiazole rings is 1. The van der Waals surface area contributed by atoms with Crippen LogP contribution in [0.25, 0.3) is 15.4 Å². The molecule has 2 aliphatic rings. The van der Waals surface area contributed by atoms with Crippen molar-refractivity contribution >= 4 is 69.5 Å². The van der Waals surface area contributed by atoms with Gasteiger partial charge in [-0.25, -0.2) is 4.98 Å². The van der Waals surface area contributed by atoms with E-state index in [1.807, 2.05) is 86.3 Å². The van der Waals surface area contributed by atoms with Gasteiger partial charge in [0.15, 0.2) is 5.82 Å². The highest BCUT2D eigenvalue weighted by molar-refractivity contribution is 8.00. The number of nitrogens with one attached hydrogen (secondary N) is 2. The minimum atomic E-state index is -0.862. The average Bonchev–Trinajstić information content (AvgIpc) is 4.03. The number of amides is 3. The predicted molar refractivity (Wildman–Crippen MR) is 254 cm³/mol. The van der Waals surface area contributed by atoms with E-state index in [0.29, 0.717) is 23.9 Å². The Bertz CT molecular complexity index is 2460. The molecule has 334 valence electrons. The number of hydrogen-bond donors (Lipinski definition) is 4. The van der Waals surface area contributed by atoms with E-state index < -0.39 is 29.0 Å². The Labute approximate surface area is 386 Å². The van der Waals surface area contributed by atoms with Gasteiger partial charge in [0.25, 0.3) is 0 Å². The topological polar surface area (TPSA) is 181 Å². The van der Waals surface area contributed by atoms with Gasteiger partial charge in [-0.05, 0) is 89.0 Å². The summed E-state index contributed by atoms with van der Waals surface area (Å²) >= 11 is 11.2. The second-order valence-electron chi connectivity index (χ2n) is 16.9. The summed E-state index contributed by atoms with van der Waals surface area (Å²) in [6, 6.07) is 13.4. The van der Waals surface area contributed by atoms with Crippen molar-refractivity contribution in [2.24, 2.45) is 10.7 Å². The van der Waals surface area contributed by atoms with Crippen LogP contribution < -0.4 is 16.4 Å². The van der Waals surface area contributed by atoms with Crippen LogP contribution in [0.5, 0.6) is 0 Å². The molecule has 63 heavy (non-hydrogen) atoms. The summed E-state index contributed by atoms with van der Waals surface area (Å²) in [4.78, 5) is 53.8. The maximum Gasteiger partial charge on any atom is 0.243 e. The third kappa shape index (κ3) is 10.6. The van der Waals surface area contributed by atoms with Crippen molar-refractivity contribution < 1.29 is 19.5 Å². The highest BCUT2D eigenvalue weighted by atomic mass is 35.5. The molecular weight excluding hydrogens is 874 g/mol. The van der Waals surface area contributed by atoms with Crippen LogP contribution in [-0.2, 0) is 20.9 Å². The lowest BCUT2D eigenvalue weighted by molar-refractivity contribution is -0.140. The number of hydrogen-bond acceptors (Lipinski definition) is 12. The van der Waals surface area contributed by atoms with Crippen molar-refractivity contribution in [3.05, 3.63) is 104 Å². The first-order chi connectivity index (χ1) is 30.1. The van der Waals surface area contributed by atoms with E-state index in [1.54, 1.807) is 34.4 Å². The van der Waals surface area contributed by atoms with Crippen molar-refractivity contribution in [2.75, 3.05) is 18.8 Å². The van der Waals surface area contributed by atoms with E-state index in [4.69, 9.17) is 22.3 Å². The number of aryl methyl sites for hydroxylation is 3. The van der Waals surface area contributed by atoms with Gasteiger partial charge in [-0.2, -0.15) is 11.8 Å². The van der Waals surface area contributed by atoms with Crippen LogP contribution in [0.1, 0.15) is 103 Å². The SMILES string of the molecule is Cc1ncsc1-c1ccc(CNC(=O)[C@@H]2C[C@@H](O)CN2C(=O)[C@@H](N)C(C)(C)SCCCCCCNC(=O)C[C@@H]2N=C(c3ccc(Cl)cc3)c3c(sc(C)c3C)-n3c(C)nnc32)cc1. The molecule has 0 aliphatic carbocycles. The first-order valence-electron chi connectivity index (χ1n) is 21.4. The lowest BCUT2D eigenvalue weighted by Gasteiger charge is -2.34. The number of halogens is 1. The molecule has 17 heteroatoms. The lowest BCUT2D eigenvalue weighted by atomic mass is 9.99. The number of carbonyl (C=O) groups excluding carboxylic acids is 3. The second-order valence-corrected chi connectivity index (χ2v) is 21.1. The van der Waals surface area contributed by atoms with Crippen molar-refractivity contribution in [1.29, 1.82) is 0 Å². The summed E-state index contributed by atoms with van der Waals surface area (Å²) in [5, 5.41) is 27.1. The zero-order chi connectivity index (χ0) is 45.0. The Balaban J connectivity index is 0.849. The number of carbonyl (C=O) groups is 3. The zero-order valence-corrected chi connectivity index (χ0v) is 39.8. The number of thioether (sulfide) groups is 1. The number of unbranched alkanes of at least 4 members (excludes halogenated alkanes) is 3. The van der Waals surface area contributed by atoms with E-state index in [-0.39, 0.29) is 37.1 Å². The van der Waals surface area contributed by atoms with Gasteiger partial charge < -0.3 is 26.4 Å². The maximum atomic E-state index is 13.8. The van der Waals surface area contributed by atoms with Gasteiger partial charge in [0.2, 0.25) is 17.7 Å².